The number of carbonyl (C=O) groups is 1. The highest BCUT2D eigenvalue weighted by atomic mass is 16.6. The number of hydrogen-bond donors (Lipinski definition) is 0. The fourth-order valence-corrected chi connectivity index (χ4v) is 4.07. The van der Waals surface area contributed by atoms with Crippen LogP contribution in [0.5, 0.6) is 0 Å². The molecule has 0 radical (unpaired) electrons. The van der Waals surface area contributed by atoms with Gasteiger partial charge in [-0.05, 0) is 90.4 Å². The number of aryl methyl sites for hydroxylation is 1. The van der Waals surface area contributed by atoms with Crippen LogP contribution in [0.2, 0.25) is 0 Å². The molecule has 1 aromatic rings. The van der Waals surface area contributed by atoms with Crippen molar-refractivity contribution in [2.75, 3.05) is 27.2 Å². The van der Waals surface area contributed by atoms with E-state index in [2.05, 4.69) is 37.0 Å². The van der Waals surface area contributed by atoms with E-state index in [1.54, 1.807) is 0 Å². The predicted molar refractivity (Wildman–Crippen MR) is 114 cm³/mol. The molecular formula is C23H39N3O2. The quantitative estimate of drug-likeness (QED) is 0.675. The normalized spacial score (nSPS) is 20.2. The predicted octanol–water partition coefficient (Wildman–Crippen LogP) is 4.75. The van der Waals surface area contributed by atoms with E-state index in [-0.39, 0.29) is 6.09 Å². The molecule has 2 rings (SSSR count). The van der Waals surface area contributed by atoms with Crippen LogP contribution in [0.1, 0.15) is 64.6 Å². The number of ether oxygens (including phenoxy) is 1. The Hall–Kier alpha value is -1.62. The molecule has 1 aliphatic rings. The summed E-state index contributed by atoms with van der Waals surface area (Å²) in [4.78, 5) is 21.6. The van der Waals surface area contributed by atoms with Crippen LogP contribution < -0.4 is 0 Å². The fraction of sp³-hybridized carbons (Fsp3) is 0.739. The molecule has 1 aromatic heterocycles. The first-order valence-electron chi connectivity index (χ1n) is 10.7. The monoisotopic (exact) mass is 389 g/mol. The van der Waals surface area contributed by atoms with Gasteiger partial charge in [0.2, 0.25) is 0 Å². The summed E-state index contributed by atoms with van der Waals surface area (Å²) in [5.74, 6) is 1.32. The van der Waals surface area contributed by atoms with E-state index in [1.807, 2.05) is 37.9 Å². The summed E-state index contributed by atoms with van der Waals surface area (Å²) < 4.78 is 5.71. The summed E-state index contributed by atoms with van der Waals surface area (Å²) >= 11 is 0. The molecule has 0 aliphatic heterocycles. The van der Waals surface area contributed by atoms with Gasteiger partial charge < -0.3 is 14.5 Å². The zero-order valence-electron chi connectivity index (χ0n) is 18.7. The fourth-order valence-electron chi connectivity index (χ4n) is 4.07. The molecule has 158 valence electrons. The maximum absolute atomic E-state index is 12.9. The molecule has 1 aliphatic carbocycles. The van der Waals surface area contributed by atoms with Crippen molar-refractivity contribution < 1.29 is 9.53 Å². The molecule has 1 saturated carbocycles. The van der Waals surface area contributed by atoms with Crippen LogP contribution in [-0.2, 0) is 17.7 Å². The topological polar surface area (TPSA) is 45.7 Å². The lowest BCUT2D eigenvalue weighted by Gasteiger charge is -2.34. The molecule has 0 atom stereocenters. The Labute approximate surface area is 171 Å². The first-order valence-corrected chi connectivity index (χ1v) is 10.7. The molecule has 5 heteroatoms. The molecule has 0 aromatic carbocycles. The largest absolute Gasteiger partial charge is 0.444 e. The third-order valence-corrected chi connectivity index (χ3v) is 5.43. The van der Waals surface area contributed by atoms with E-state index in [0.29, 0.717) is 12.5 Å². The van der Waals surface area contributed by atoms with Crippen LogP contribution in [-0.4, -0.2) is 53.7 Å². The molecular weight excluding hydrogens is 350 g/mol. The Morgan fingerprint density at radius 2 is 1.75 bits per heavy atom. The molecule has 5 nitrogen and oxygen atoms in total. The van der Waals surface area contributed by atoms with Gasteiger partial charge in [-0.2, -0.15) is 0 Å². The van der Waals surface area contributed by atoms with Crippen LogP contribution in [0.25, 0.3) is 0 Å². The average molecular weight is 390 g/mol. The van der Waals surface area contributed by atoms with Crippen LogP contribution in [0, 0.1) is 11.8 Å². The second kappa shape index (κ2) is 10.2. The van der Waals surface area contributed by atoms with Gasteiger partial charge in [0.15, 0.2) is 0 Å². The lowest BCUT2D eigenvalue weighted by molar-refractivity contribution is 0.0179. The SMILES string of the molecule is CCc1cccnc1CN(CC1CCC(CN(C)C)CC1)C(=O)OC(C)(C)C. The molecule has 0 saturated heterocycles. The van der Waals surface area contributed by atoms with Gasteiger partial charge in [0.05, 0.1) is 12.2 Å². The number of nitrogens with zero attached hydrogens (tertiary/aromatic N) is 3. The smallest absolute Gasteiger partial charge is 0.410 e. The maximum atomic E-state index is 12.9. The summed E-state index contributed by atoms with van der Waals surface area (Å²) in [6.45, 7) is 10.3. The van der Waals surface area contributed by atoms with E-state index in [1.165, 1.54) is 31.2 Å². The minimum atomic E-state index is -0.490. The van der Waals surface area contributed by atoms with Crippen LogP contribution in [0.4, 0.5) is 4.79 Å². The Morgan fingerprint density at radius 3 is 2.29 bits per heavy atom. The number of aromatic nitrogens is 1. The lowest BCUT2D eigenvalue weighted by atomic mass is 9.81. The van der Waals surface area contributed by atoms with Crippen molar-refractivity contribution in [1.29, 1.82) is 0 Å². The Balaban J connectivity index is 2.05. The summed E-state index contributed by atoms with van der Waals surface area (Å²) in [5.41, 5.74) is 1.69. The highest BCUT2D eigenvalue weighted by Gasteiger charge is 2.28. The van der Waals surface area contributed by atoms with Crippen LogP contribution >= 0.6 is 0 Å². The zero-order chi connectivity index (χ0) is 20.7. The molecule has 0 unspecified atom stereocenters. The second-order valence-electron chi connectivity index (χ2n) is 9.47. The third kappa shape index (κ3) is 7.42. The summed E-state index contributed by atoms with van der Waals surface area (Å²) in [6.07, 6.45) is 7.36. The molecule has 1 heterocycles. The number of pyridine rings is 1. The van der Waals surface area contributed by atoms with Gasteiger partial charge in [0.1, 0.15) is 5.60 Å². The van der Waals surface area contributed by atoms with Crippen molar-refractivity contribution in [2.24, 2.45) is 11.8 Å². The van der Waals surface area contributed by atoms with Gasteiger partial charge in [-0.15, -0.1) is 0 Å². The minimum Gasteiger partial charge on any atom is -0.444 e. The Bertz CT molecular complexity index is 617. The number of carbonyl (C=O) groups excluding carboxylic acids is 1. The van der Waals surface area contributed by atoms with Gasteiger partial charge in [-0.1, -0.05) is 13.0 Å². The maximum Gasteiger partial charge on any atom is 0.410 e. The average Bonchev–Trinajstić information content (AvgIpc) is 2.61. The van der Waals surface area contributed by atoms with E-state index in [0.717, 1.165) is 31.1 Å². The van der Waals surface area contributed by atoms with Gasteiger partial charge in [0, 0.05) is 19.3 Å². The van der Waals surface area contributed by atoms with Gasteiger partial charge in [-0.25, -0.2) is 4.79 Å². The van der Waals surface area contributed by atoms with Crippen LogP contribution in [0.15, 0.2) is 18.3 Å². The van der Waals surface area contributed by atoms with Crippen molar-refractivity contribution in [2.45, 2.75) is 71.9 Å². The molecule has 0 bridgehead atoms. The number of amides is 1. The molecule has 0 spiro atoms. The number of rotatable bonds is 7. The molecule has 0 N–H and O–H groups in total. The van der Waals surface area contributed by atoms with Crippen molar-refractivity contribution in [3.8, 4) is 0 Å². The lowest BCUT2D eigenvalue weighted by Crippen LogP contribution is -2.40. The zero-order valence-corrected chi connectivity index (χ0v) is 18.7. The molecule has 28 heavy (non-hydrogen) atoms. The minimum absolute atomic E-state index is 0.226. The third-order valence-electron chi connectivity index (χ3n) is 5.43. The molecule has 1 amide bonds. The van der Waals surface area contributed by atoms with E-state index < -0.39 is 5.60 Å². The summed E-state index contributed by atoms with van der Waals surface area (Å²) in [5, 5.41) is 0. The first kappa shape index (κ1) is 22.7. The highest BCUT2D eigenvalue weighted by Crippen LogP contribution is 2.30. The molecule has 1 fully saturated rings. The van der Waals surface area contributed by atoms with Crippen molar-refractivity contribution >= 4 is 6.09 Å². The van der Waals surface area contributed by atoms with Crippen LogP contribution in [0.3, 0.4) is 0 Å². The van der Waals surface area contributed by atoms with Crippen molar-refractivity contribution in [3.05, 3.63) is 29.6 Å². The van der Waals surface area contributed by atoms with E-state index >= 15 is 0 Å². The summed E-state index contributed by atoms with van der Waals surface area (Å²) in [6, 6.07) is 4.06. The van der Waals surface area contributed by atoms with Gasteiger partial charge in [-0.3, -0.25) is 4.98 Å². The Kier molecular flexibility index (Phi) is 8.29. The van der Waals surface area contributed by atoms with Gasteiger partial charge >= 0.3 is 6.09 Å². The van der Waals surface area contributed by atoms with E-state index in [9.17, 15) is 4.79 Å². The Morgan fingerprint density at radius 1 is 1.14 bits per heavy atom. The standard InChI is InChI=1S/C23H39N3O2/c1-7-20-9-8-14-24-21(20)17-26(22(27)28-23(2,3)4)16-19-12-10-18(11-13-19)15-25(5)6/h8-9,14,18-19H,7,10-13,15-17H2,1-6H3. The number of hydrogen-bond acceptors (Lipinski definition) is 4. The summed E-state index contributed by atoms with van der Waals surface area (Å²) in [7, 11) is 4.29. The first-order chi connectivity index (χ1) is 13.2. The van der Waals surface area contributed by atoms with E-state index in [4.69, 9.17) is 4.74 Å². The van der Waals surface area contributed by atoms with Crippen molar-refractivity contribution in [1.82, 2.24) is 14.8 Å². The van der Waals surface area contributed by atoms with Gasteiger partial charge in [0.25, 0.3) is 0 Å². The highest BCUT2D eigenvalue weighted by molar-refractivity contribution is 5.68. The van der Waals surface area contributed by atoms with Crippen molar-refractivity contribution in [3.63, 3.8) is 0 Å². The second-order valence-corrected chi connectivity index (χ2v) is 9.47.